The van der Waals surface area contributed by atoms with E-state index in [1.54, 1.807) is 0 Å². The Balaban J connectivity index is 2.20. The molecule has 1 unspecified atom stereocenters. The molecule has 1 aliphatic heterocycles. The van der Waals surface area contributed by atoms with Crippen molar-refractivity contribution in [2.24, 2.45) is 5.92 Å². The van der Waals surface area contributed by atoms with Gasteiger partial charge in [0.2, 0.25) is 10.0 Å². The lowest BCUT2D eigenvalue weighted by molar-refractivity contribution is 0.0322. The molecular formula is C14H21ClN2O3S. The van der Waals surface area contributed by atoms with E-state index in [9.17, 15) is 8.42 Å². The van der Waals surface area contributed by atoms with Crippen molar-refractivity contribution in [3.63, 3.8) is 0 Å². The zero-order valence-corrected chi connectivity index (χ0v) is 13.8. The largest absolute Gasteiger partial charge is 0.372 e. The summed E-state index contributed by atoms with van der Waals surface area (Å²) < 4.78 is 31.1. The van der Waals surface area contributed by atoms with E-state index in [0.29, 0.717) is 19.7 Å². The minimum atomic E-state index is -3.21. The maximum atomic E-state index is 11.3. The third kappa shape index (κ3) is 4.93. The molecule has 0 aliphatic carbocycles. The van der Waals surface area contributed by atoms with Crippen molar-refractivity contribution in [3.05, 3.63) is 34.3 Å². The molecule has 0 bridgehead atoms. The molecule has 7 heteroatoms. The molecule has 118 valence electrons. The first kappa shape index (κ1) is 16.7. The van der Waals surface area contributed by atoms with E-state index >= 15 is 0 Å². The first-order chi connectivity index (χ1) is 9.87. The minimum Gasteiger partial charge on any atom is -0.372 e. The Kier molecular flexibility index (Phi) is 5.62. The quantitative estimate of drug-likeness (QED) is 0.876. The van der Waals surface area contributed by atoms with Crippen LogP contribution in [0.5, 0.6) is 0 Å². The number of nitrogens with one attached hydrogen (secondary N) is 2. The van der Waals surface area contributed by atoms with Gasteiger partial charge in [0.25, 0.3) is 0 Å². The summed E-state index contributed by atoms with van der Waals surface area (Å²) in [6.07, 6.45) is 1.02. The van der Waals surface area contributed by atoms with Crippen LogP contribution in [0.2, 0.25) is 5.02 Å². The summed E-state index contributed by atoms with van der Waals surface area (Å²) in [7, 11) is -3.21. The van der Waals surface area contributed by atoms with Crippen molar-refractivity contribution in [3.8, 4) is 0 Å². The molecule has 1 saturated heterocycles. The van der Waals surface area contributed by atoms with Gasteiger partial charge < -0.3 is 10.1 Å². The second-order valence-electron chi connectivity index (χ2n) is 5.38. The van der Waals surface area contributed by atoms with Crippen LogP contribution in [0.15, 0.2) is 18.2 Å². The average Bonchev–Trinajstić information content (AvgIpc) is 2.64. The van der Waals surface area contributed by atoms with Gasteiger partial charge in [-0.1, -0.05) is 23.7 Å². The first-order valence-corrected chi connectivity index (χ1v) is 9.17. The Labute approximate surface area is 131 Å². The van der Waals surface area contributed by atoms with Crippen LogP contribution in [0.1, 0.15) is 17.2 Å². The molecule has 2 atom stereocenters. The van der Waals surface area contributed by atoms with Gasteiger partial charge >= 0.3 is 0 Å². The number of hydrogen-bond acceptors (Lipinski definition) is 4. The Morgan fingerprint density at radius 1 is 1.48 bits per heavy atom. The Hall–Kier alpha value is -0.660. The van der Waals surface area contributed by atoms with E-state index in [1.807, 2.05) is 25.1 Å². The van der Waals surface area contributed by atoms with Crippen LogP contribution in [-0.2, 0) is 14.8 Å². The SMILES string of the molecule is Cc1cc(C2OCCNC[C@@H]2CNS(C)(=O)=O)ccc1Cl. The van der Waals surface area contributed by atoms with Gasteiger partial charge in [-0.3, -0.25) is 0 Å². The second-order valence-corrected chi connectivity index (χ2v) is 7.63. The number of sulfonamides is 1. The number of hydrogen-bond donors (Lipinski definition) is 2. The van der Waals surface area contributed by atoms with Gasteiger partial charge in [0, 0.05) is 30.6 Å². The van der Waals surface area contributed by atoms with Crippen LogP contribution >= 0.6 is 11.6 Å². The summed E-state index contributed by atoms with van der Waals surface area (Å²) in [5.74, 6) is 0.0304. The lowest BCUT2D eigenvalue weighted by atomic mass is 9.94. The van der Waals surface area contributed by atoms with Gasteiger partial charge in [-0.15, -0.1) is 0 Å². The zero-order valence-electron chi connectivity index (χ0n) is 12.2. The number of benzene rings is 1. The summed E-state index contributed by atoms with van der Waals surface area (Å²) in [6.45, 7) is 4.36. The molecule has 21 heavy (non-hydrogen) atoms. The van der Waals surface area contributed by atoms with Crippen molar-refractivity contribution >= 4 is 21.6 Å². The Morgan fingerprint density at radius 3 is 2.90 bits per heavy atom. The third-order valence-corrected chi connectivity index (χ3v) is 4.64. The highest BCUT2D eigenvalue weighted by Gasteiger charge is 2.27. The summed E-state index contributed by atoms with van der Waals surface area (Å²) in [5.41, 5.74) is 2.02. The van der Waals surface area contributed by atoms with Crippen LogP contribution in [0, 0.1) is 12.8 Å². The second kappa shape index (κ2) is 7.07. The van der Waals surface area contributed by atoms with Crippen molar-refractivity contribution < 1.29 is 13.2 Å². The fraction of sp³-hybridized carbons (Fsp3) is 0.571. The molecule has 0 aromatic heterocycles. The maximum Gasteiger partial charge on any atom is 0.208 e. The molecule has 1 aromatic carbocycles. The fourth-order valence-electron chi connectivity index (χ4n) is 2.44. The van der Waals surface area contributed by atoms with E-state index < -0.39 is 10.0 Å². The molecule has 1 aromatic rings. The van der Waals surface area contributed by atoms with E-state index in [2.05, 4.69) is 10.0 Å². The van der Waals surface area contributed by atoms with Crippen LogP contribution in [0.4, 0.5) is 0 Å². The average molecular weight is 333 g/mol. The molecule has 1 heterocycles. The highest BCUT2D eigenvalue weighted by atomic mass is 35.5. The van der Waals surface area contributed by atoms with Gasteiger partial charge in [0.1, 0.15) is 0 Å². The third-order valence-electron chi connectivity index (χ3n) is 3.53. The molecule has 1 aliphatic rings. The number of ether oxygens (including phenoxy) is 1. The molecule has 2 rings (SSSR count). The lowest BCUT2D eigenvalue weighted by Crippen LogP contribution is -2.36. The molecule has 0 saturated carbocycles. The molecule has 5 nitrogen and oxygen atoms in total. The van der Waals surface area contributed by atoms with Gasteiger partial charge in [-0.2, -0.15) is 0 Å². The maximum absolute atomic E-state index is 11.3. The molecule has 0 spiro atoms. The minimum absolute atomic E-state index is 0.0304. The topological polar surface area (TPSA) is 67.4 Å². The monoisotopic (exact) mass is 332 g/mol. The van der Waals surface area contributed by atoms with Crippen molar-refractivity contribution in [2.75, 3.05) is 32.5 Å². The fourth-order valence-corrected chi connectivity index (χ4v) is 3.07. The lowest BCUT2D eigenvalue weighted by Gasteiger charge is -2.25. The van der Waals surface area contributed by atoms with E-state index in [1.165, 1.54) is 6.26 Å². The smallest absolute Gasteiger partial charge is 0.208 e. The molecular weight excluding hydrogens is 312 g/mol. The zero-order chi connectivity index (χ0) is 15.5. The van der Waals surface area contributed by atoms with Gasteiger partial charge in [0.05, 0.1) is 19.0 Å². The van der Waals surface area contributed by atoms with Crippen LogP contribution in [-0.4, -0.2) is 40.9 Å². The summed E-state index contributed by atoms with van der Waals surface area (Å²) >= 11 is 6.06. The normalized spacial score (nSPS) is 23.8. The van der Waals surface area contributed by atoms with Crippen molar-refractivity contribution in [2.45, 2.75) is 13.0 Å². The molecule has 0 amide bonds. The number of rotatable bonds is 4. The van der Waals surface area contributed by atoms with Gasteiger partial charge in [0.15, 0.2) is 0 Å². The summed E-state index contributed by atoms with van der Waals surface area (Å²) in [6, 6.07) is 5.81. The predicted molar refractivity (Wildman–Crippen MR) is 84.1 cm³/mol. The summed E-state index contributed by atoms with van der Waals surface area (Å²) in [5, 5.41) is 3.99. The first-order valence-electron chi connectivity index (χ1n) is 6.90. The Morgan fingerprint density at radius 2 is 2.24 bits per heavy atom. The number of halogens is 1. The highest BCUT2D eigenvalue weighted by molar-refractivity contribution is 7.88. The van der Waals surface area contributed by atoms with E-state index in [4.69, 9.17) is 16.3 Å². The van der Waals surface area contributed by atoms with E-state index in [0.717, 1.165) is 22.7 Å². The number of aryl methyl sites for hydroxylation is 1. The van der Waals surface area contributed by atoms with Crippen LogP contribution in [0.3, 0.4) is 0 Å². The van der Waals surface area contributed by atoms with E-state index in [-0.39, 0.29) is 12.0 Å². The standard InChI is InChI=1S/C14H21ClN2O3S/c1-10-7-11(3-4-13(10)15)14-12(8-16-5-6-20-14)9-17-21(2,18)19/h3-4,7,12,14,16-17H,5-6,8-9H2,1-2H3/t12-,14?/m1/s1. The Bertz CT molecular complexity index is 592. The van der Waals surface area contributed by atoms with Crippen molar-refractivity contribution in [1.82, 2.24) is 10.0 Å². The molecule has 0 radical (unpaired) electrons. The van der Waals surface area contributed by atoms with Gasteiger partial charge in [-0.25, -0.2) is 13.1 Å². The summed E-state index contributed by atoms with van der Waals surface area (Å²) in [4.78, 5) is 0. The van der Waals surface area contributed by atoms with Gasteiger partial charge in [-0.05, 0) is 24.1 Å². The van der Waals surface area contributed by atoms with Crippen molar-refractivity contribution in [1.29, 1.82) is 0 Å². The highest BCUT2D eigenvalue weighted by Crippen LogP contribution is 2.29. The van der Waals surface area contributed by atoms with Crippen LogP contribution < -0.4 is 10.0 Å². The molecule has 2 N–H and O–H groups in total. The van der Waals surface area contributed by atoms with Crippen LogP contribution in [0.25, 0.3) is 0 Å². The molecule has 1 fully saturated rings. The predicted octanol–water partition coefficient (Wildman–Crippen LogP) is 1.47.